The van der Waals surface area contributed by atoms with Crippen molar-refractivity contribution in [3.8, 4) is 0 Å². The molecule has 4 aliphatic rings. The summed E-state index contributed by atoms with van der Waals surface area (Å²) in [5.74, 6) is 3.01. The average Bonchev–Trinajstić information content (AvgIpc) is 3.24. The Hall–Kier alpha value is -0.100. The van der Waals surface area contributed by atoms with Crippen molar-refractivity contribution >= 4 is 33.6 Å². The van der Waals surface area contributed by atoms with Crippen LogP contribution in [0.3, 0.4) is 0 Å². The quantitative estimate of drug-likeness (QED) is 0.780. The van der Waals surface area contributed by atoms with Gasteiger partial charge in [0, 0.05) is 23.7 Å². The Balaban J connectivity index is 0.00000182. The molecule has 25 heavy (non-hydrogen) atoms. The molecule has 4 atom stereocenters. The van der Waals surface area contributed by atoms with Crippen LogP contribution in [0.4, 0.5) is 0 Å². The van der Waals surface area contributed by atoms with Gasteiger partial charge in [0.15, 0.2) is 9.84 Å². The summed E-state index contributed by atoms with van der Waals surface area (Å²) >= 11 is 1.49. The molecule has 0 unspecified atom stereocenters. The highest BCUT2D eigenvalue weighted by atomic mass is 35.5. The van der Waals surface area contributed by atoms with Crippen molar-refractivity contribution in [2.24, 2.45) is 23.2 Å². The molecular formula is C19H30ClNO2S2. The third-order valence-electron chi connectivity index (χ3n) is 7.08. The SMILES string of the molecule is C[C@@H]1[C@H]2C[C@@H](C[C@H]1NCc1sc(S(C)(=O)=O)cc1C1CC1)C2(C)C.Cl. The van der Waals surface area contributed by atoms with Crippen LogP contribution in [-0.2, 0) is 16.4 Å². The van der Waals surface area contributed by atoms with Gasteiger partial charge in [-0.3, -0.25) is 0 Å². The second-order valence-electron chi connectivity index (χ2n) is 8.93. The lowest BCUT2D eigenvalue weighted by Crippen LogP contribution is -2.59. The van der Waals surface area contributed by atoms with Gasteiger partial charge in [-0.1, -0.05) is 20.8 Å². The van der Waals surface area contributed by atoms with Gasteiger partial charge in [0.2, 0.25) is 0 Å². The Bertz CT molecular complexity index is 751. The zero-order chi connectivity index (χ0) is 17.3. The monoisotopic (exact) mass is 403 g/mol. The fraction of sp³-hybridized carbons (Fsp3) is 0.789. The van der Waals surface area contributed by atoms with Crippen LogP contribution in [0.1, 0.15) is 62.8 Å². The lowest BCUT2D eigenvalue weighted by atomic mass is 9.45. The second-order valence-corrected chi connectivity index (χ2v) is 12.3. The third kappa shape index (κ3) is 3.42. The molecule has 3 nitrogen and oxygen atoms in total. The highest BCUT2D eigenvalue weighted by molar-refractivity contribution is 7.92. The van der Waals surface area contributed by atoms with Crippen molar-refractivity contribution in [1.29, 1.82) is 0 Å². The summed E-state index contributed by atoms with van der Waals surface area (Å²) in [7, 11) is -3.09. The molecule has 0 saturated heterocycles. The van der Waals surface area contributed by atoms with Crippen LogP contribution in [0.15, 0.2) is 10.3 Å². The summed E-state index contributed by atoms with van der Waals surface area (Å²) in [6, 6.07) is 2.53. The zero-order valence-electron chi connectivity index (χ0n) is 15.5. The summed E-state index contributed by atoms with van der Waals surface area (Å²) in [6.45, 7) is 8.10. The molecule has 1 N–H and O–H groups in total. The largest absolute Gasteiger partial charge is 0.309 e. The number of thiophene rings is 1. The van der Waals surface area contributed by atoms with Gasteiger partial charge in [0.1, 0.15) is 4.21 Å². The highest BCUT2D eigenvalue weighted by Crippen LogP contribution is 2.61. The molecule has 0 aliphatic heterocycles. The smallest absolute Gasteiger partial charge is 0.184 e. The van der Waals surface area contributed by atoms with E-state index in [0.29, 0.717) is 27.5 Å². The Morgan fingerprint density at radius 1 is 1.28 bits per heavy atom. The highest BCUT2D eigenvalue weighted by Gasteiger charge is 2.56. The number of halogens is 1. The van der Waals surface area contributed by atoms with Gasteiger partial charge in [-0.05, 0) is 66.4 Å². The second kappa shape index (κ2) is 6.50. The van der Waals surface area contributed by atoms with Gasteiger partial charge in [-0.15, -0.1) is 23.7 Å². The van der Waals surface area contributed by atoms with Crippen molar-refractivity contribution in [3.05, 3.63) is 16.5 Å². The minimum absolute atomic E-state index is 0. The van der Waals surface area contributed by atoms with Crippen LogP contribution in [-0.4, -0.2) is 20.7 Å². The Kier molecular flexibility index (Phi) is 5.11. The molecule has 0 spiro atoms. The fourth-order valence-electron chi connectivity index (χ4n) is 5.12. The van der Waals surface area contributed by atoms with Gasteiger partial charge < -0.3 is 5.32 Å². The van der Waals surface area contributed by atoms with Crippen molar-refractivity contribution in [2.75, 3.05) is 6.26 Å². The summed E-state index contributed by atoms with van der Waals surface area (Å²) < 4.78 is 24.4. The maximum atomic E-state index is 11.9. The molecule has 0 amide bonds. The number of fused-ring (bicyclic) bond motifs is 2. The van der Waals surface area contributed by atoms with Gasteiger partial charge in [0.05, 0.1) is 0 Å². The summed E-state index contributed by atoms with van der Waals surface area (Å²) in [5, 5.41) is 3.79. The Morgan fingerprint density at radius 3 is 2.48 bits per heavy atom. The number of hydrogen-bond donors (Lipinski definition) is 1. The van der Waals surface area contributed by atoms with Gasteiger partial charge in [-0.2, -0.15) is 0 Å². The minimum Gasteiger partial charge on any atom is -0.309 e. The topological polar surface area (TPSA) is 46.2 Å². The van der Waals surface area contributed by atoms with Gasteiger partial charge in [0.25, 0.3) is 0 Å². The fourth-order valence-corrected chi connectivity index (χ4v) is 7.30. The molecule has 0 aromatic carbocycles. The first-order valence-corrected chi connectivity index (χ1v) is 11.9. The van der Waals surface area contributed by atoms with Crippen molar-refractivity contribution < 1.29 is 8.42 Å². The number of sulfone groups is 1. The molecule has 1 heterocycles. The van der Waals surface area contributed by atoms with Gasteiger partial charge >= 0.3 is 0 Å². The lowest BCUT2D eigenvalue weighted by Gasteiger charge is -2.62. The van der Waals surface area contributed by atoms with E-state index in [2.05, 4.69) is 26.1 Å². The first-order valence-electron chi connectivity index (χ1n) is 9.24. The lowest BCUT2D eigenvalue weighted by molar-refractivity contribution is -0.115. The van der Waals surface area contributed by atoms with Gasteiger partial charge in [-0.25, -0.2) is 8.42 Å². The molecule has 4 fully saturated rings. The maximum Gasteiger partial charge on any atom is 0.184 e. The molecule has 4 aliphatic carbocycles. The summed E-state index contributed by atoms with van der Waals surface area (Å²) in [6.07, 6.45) is 6.42. The van der Waals surface area contributed by atoms with Crippen LogP contribution in [0.25, 0.3) is 0 Å². The standard InChI is InChI=1S/C19H29NO2S2.ClH/c1-11-15-7-13(19(15,2)3)8-16(11)20-10-17-14(12-5-6-12)9-18(23-17)24(4,21)22;/h9,11-13,15-16,20H,5-8,10H2,1-4H3;1H/t11-,13+,15-,16-;/m1./s1. The van der Waals surface area contributed by atoms with Crippen LogP contribution < -0.4 is 5.32 Å². The van der Waals surface area contributed by atoms with E-state index in [1.807, 2.05) is 6.07 Å². The van der Waals surface area contributed by atoms with E-state index in [-0.39, 0.29) is 12.4 Å². The Labute approximate surface area is 162 Å². The first-order chi connectivity index (χ1) is 11.2. The molecular weight excluding hydrogens is 374 g/mol. The predicted molar refractivity (Wildman–Crippen MR) is 106 cm³/mol. The first kappa shape index (κ1) is 19.7. The number of hydrogen-bond acceptors (Lipinski definition) is 4. The molecule has 2 bridgehead atoms. The summed E-state index contributed by atoms with van der Waals surface area (Å²) in [5.41, 5.74) is 1.81. The summed E-state index contributed by atoms with van der Waals surface area (Å²) in [4.78, 5) is 1.25. The van der Waals surface area contributed by atoms with E-state index in [4.69, 9.17) is 0 Å². The molecule has 6 heteroatoms. The van der Waals surface area contributed by atoms with E-state index < -0.39 is 9.84 Å². The molecule has 0 radical (unpaired) electrons. The van der Waals surface area contributed by atoms with Crippen molar-refractivity contribution in [2.45, 2.75) is 69.2 Å². The molecule has 1 aromatic heterocycles. The van der Waals surface area contributed by atoms with Crippen LogP contribution in [0, 0.1) is 23.2 Å². The number of rotatable bonds is 5. The number of nitrogens with one attached hydrogen (secondary N) is 1. The third-order valence-corrected chi connectivity index (χ3v) is 10.0. The molecule has 5 rings (SSSR count). The van der Waals surface area contributed by atoms with Crippen LogP contribution >= 0.6 is 23.7 Å². The molecule has 4 saturated carbocycles. The van der Waals surface area contributed by atoms with E-state index in [1.165, 1.54) is 53.7 Å². The predicted octanol–water partition coefficient (Wildman–Crippen LogP) is 4.61. The van der Waals surface area contributed by atoms with E-state index in [1.54, 1.807) is 0 Å². The Morgan fingerprint density at radius 2 is 1.96 bits per heavy atom. The molecule has 1 aromatic rings. The maximum absolute atomic E-state index is 11.9. The van der Waals surface area contributed by atoms with Crippen LogP contribution in [0.2, 0.25) is 0 Å². The normalized spacial score (nSPS) is 33.4. The average molecular weight is 404 g/mol. The van der Waals surface area contributed by atoms with E-state index in [9.17, 15) is 8.42 Å². The molecule has 142 valence electrons. The van der Waals surface area contributed by atoms with Crippen molar-refractivity contribution in [3.63, 3.8) is 0 Å². The van der Waals surface area contributed by atoms with Crippen molar-refractivity contribution in [1.82, 2.24) is 5.32 Å². The van der Waals surface area contributed by atoms with E-state index >= 15 is 0 Å². The van der Waals surface area contributed by atoms with E-state index in [0.717, 1.165) is 18.4 Å². The zero-order valence-corrected chi connectivity index (χ0v) is 18.0. The van der Waals surface area contributed by atoms with Crippen LogP contribution in [0.5, 0.6) is 0 Å². The minimum atomic E-state index is -3.09.